The van der Waals surface area contributed by atoms with E-state index in [0.717, 1.165) is 16.8 Å². The molecule has 144 valence electrons. The number of nitrogens with one attached hydrogen (secondary N) is 1. The van der Waals surface area contributed by atoms with Crippen LogP contribution in [0.5, 0.6) is 0 Å². The molecule has 7 heteroatoms. The van der Waals surface area contributed by atoms with Crippen molar-refractivity contribution in [3.63, 3.8) is 0 Å². The largest absolute Gasteiger partial charge is 0.388 e. The number of hydrogen-bond donors (Lipinski definition) is 4. The van der Waals surface area contributed by atoms with Gasteiger partial charge in [0.25, 0.3) is 0 Å². The van der Waals surface area contributed by atoms with E-state index in [2.05, 4.69) is 15.5 Å². The highest BCUT2D eigenvalue weighted by Gasteiger charge is 2.41. The summed E-state index contributed by atoms with van der Waals surface area (Å²) in [5.74, 6) is 0. The van der Waals surface area contributed by atoms with Gasteiger partial charge in [-0.3, -0.25) is 0 Å². The second kappa shape index (κ2) is 8.14. The minimum absolute atomic E-state index is 0.583. The Hall–Kier alpha value is -2.32. The Bertz CT molecular complexity index is 809. The van der Waals surface area contributed by atoms with Crippen molar-refractivity contribution < 1.29 is 20.1 Å². The molecule has 1 saturated heterocycles. The summed E-state index contributed by atoms with van der Waals surface area (Å²) in [6, 6.07) is 13.3. The van der Waals surface area contributed by atoms with Crippen molar-refractivity contribution in [2.75, 3.05) is 5.32 Å². The number of aliphatic hydroxyl groups excluding tert-OH is 3. The lowest BCUT2D eigenvalue weighted by atomic mass is 9.99. The molecule has 7 nitrogen and oxygen atoms in total. The van der Waals surface area contributed by atoms with Gasteiger partial charge in [0.05, 0.1) is 17.5 Å². The number of nitrogens with zero attached hydrogens (tertiary/aromatic N) is 2. The quantitative estimate of drug-likeness (QED) is 0.618. The van der Waals surface area contributed by atoms with E-state index in [1.807, 2.05) is 56.3 Å². The van der Waals surface area contributed by atoms with Crippen LogP contribution in [0.25, 0.3) is 0 Å². The first-order valence-electron chi connectivity index (χ1n) is 8.90. The molecule has 0 radical (unpaired) electrons. The monoisotopic (exact) mass is 371 g/mol. The number of rotatable bonds is 4. The highest BCUT2D eigenvalue weighted by molar-refractivity contribution is 5.66. The highest BCUT2D eigenvalue weighted by atomic mass is 16.5. The smallest absolute Gasteiger partial charge is 0.157 e. The number of benzene rings is 2. The molecule has 0 amide bonds. The summed E-state index contributed by atoms with van der Waals surface area (Å²) in [5, 5.41) is 41.7. The summed E-state index contributed by atoms with van der Waals surface area (Å²) in [4.78, 5) is 0. The van der Waals surface area contributed by atoms with Crippen molar-refractivity contribution in [1.29, 1.82) is 0 Å². The average Bonchev–Trinajstić information content (AvgIpc) is 2.65. The summed E-state index contributed by atoms with van der Waals surface area (Å²) >= 11 is 0. The first-order valence-corrected chi connectivity index (χ1v) is 8.90. The number of hydrogen-bond acceptors (Lipinski definition) is 7. The average molecular weight is 371 g/mol. The summed E-state index contributed by atoms with van der Waals surface area (Å²) < 4.78 is 5.60. The SMILES string of the molecule is Cc1ccc(N=Nc2cc(C)ccc2N[C@H]2O[C@@H](C)[C@@H](O)[C@@H](O)[C@H]2O)cc1. The highest BCUT2D eigenvalue weighted by Crippen LogP contribution is 2.31. The van der Waals surface area contributed by atoms with Crippen LogP contribution in [-0.2, 0) is 4.74 Å². The second-order valence-electron chi connectivity index (χ2n) is 6.93. The molecule has 0 unspecified atom stereocenters. The molecule has 4 N–H and O–H groups in total. The summed E-state index contributed by atoms with van der Waals surface area (Å²) in [5.41, 5.74) is 4.07. The zero-order chi connectivity index (χ0) is 19.6. The standard InChI is InChI=1S/C20H25N3O4/c1-11-4-7-14(8-5-11)22-23-16-10-12(2)6-9-15(16)21-20-19(26)18(25)17(24)13(3)27-20/h4-10,13,17-21,24-26H,1-3H3/t13-,17+,18+,19+,20-/m0/s1. The fraction of sp³-hybridized carbons (Fsp3) is 0.400. The summed E-state index contributed by atoms with van der Waals surface area (Å²) in [7, 11) is 0. The molecule has 1 aliphatic rings. The molecular weight excluding hydrogens is 346 g/mol. The number of aliphatic hydroxyl groups is 3. The molecule has 2 aromatic rings. The fourth-order valence-electron chi connectivity index (χ4n) is 2.89. The number of ether oxygens (including phenoxy) is 1. The lowest BCUT2D eigenvalue weighted by molar-refractivity contribution is -0.209. The predicted molar refractivity (Wildman–Crippen MR) is 103 cm³/mol. The van der Waals surface area contributed by atoms with E-state index in [-0.39, 0.29) is 0 Å². The molecule has 2 aromatic carbocycles. The van der Waals surface area contributed by atoms with Crippen LogP contribution in [0, 0.1) is 13.8 Å². The van der Waals surface area contributed by atoms with Crippen LogP contribution in [0.1, 0.15) is 18.1 Å². The lowest BCUT2D eigenvalue weighted by Gasteiger charge is -2.39. The molecule has 0 bridgehead atoms. The minimum atomic E-state index is -1.30. The maximum atomic E-state index is 10.2. The molecule has 0 spiro atoms. The van der Waals surface area contributed by atoms with Crippen molar-refractivity contribution in [3.05, 3.63) is 53.6 Å². The van der Waals surface area contributed by atoms with Gasteiger partial charge in [0, 0.05) is 0 Å². The fourth-order valence-corrected chi connectivity index (χ4v) is 2.89. The van der Waals surface area contributed by atoms with Gasteiger partial charge in [-0.25, -0.2) is 0 Å². The summed E-state index contributed by atoms with van der Waals surface area (Å²) in [6.07, 6.45) is -5.22. The van der Waals surface area contributed by atoms with E-state index in [1.54, 1.807) is 6.92 Å². The number of anilines is 1. The topological polar surface area (TPSA) is 107 Å². The van der Waals surface area contributed by atoms with Gasteiger partial charge in [0.15, 0.2) is 6.23 Å². The molecule has 1 heterocycles. The zero-order valence-corrected chi connectivity index (χ0v) is 15.6. The van der Waals surface area contributed by atoms with Gasteiger partial charge >= 0.3 is 0 Å². The van der Waals surface area contributed by atoms with Gasteiger partial charge in [0.2, 0.25) is 0 Å². The molecule has 0 aliphatic carbocycles. The van der Waals surface area contributed by atoms with E-state index in [9.17, 15) is 15.3 Å². The van der Waals surface area contributed by atoms with Crippen molar-refractivity contribution in [2.24, 2.45) is 10.2 Å². The van der Waals surface area contributed by atoms with Crippen molar-refractivity contribution in [1.82, 2.24) is 0 Å². The van der Waals surface area contributed by atoms with Gasteiger partial charge in [-0.15, -0.1) is 5.11 Å². The number of azo groups is 1. The molecule has 3 rings (SSSR count). The van der Waals surface area contributed by atoms with Gasteiger partial charge in [-0.2, -0.15) is 5.11 Å². The maximum absolute atomic E-state index is 10.2. The number of aryl methyl sites for hydroxylation is 2. The van der Waals surface area contributed by atoms with Crippen LogP contribution in [0.3, 0.4) is 0 Å². The molecule has 0 aromatic heterocycles. The van der Waals surface area contributed by atoms with Crippen LogP contribution in [0.2, 0.25) is 0 Å². The van der Waals surface area contributed by atoms with Crippen molar-refractivity contribution in [2.45, 2.75) is 51.4 Å². The van der Waals surface area contributed by atoms with E-state index in [1.165, 1.54) is 0 Å². The Kier molecular flexibility index (Phi) is 5.86. The Balaban J connectivity index is 1.82. The lowest BCUT2D eigenvalue weighted by Crippen LogP contribution is -2.58. The third kappa shape index (κ3) is 4.51. The van der Waals surface area contributed by atoms with Gasteiger partial charge in [-0.05, 0) is 50.6 Å². The van der Waals surface area contributed by atoms with E-state index in [0.29, 0.717) is 11.4 Å². The van der Waals surface area contributed by atoms with Gasteiger partial charge in [0.1, 0.15) is 24.0 Å². The molecule has 27 heavy (non-hydrogen) atoms. The zero-order valence-electron chi connectivity index (χ0n) is 15.6. The van der Waals surface area contributed by atoms with Crippen LogP contribution in [0.4, 0.5) is 17.1 Å². The third-order valence-electron chi connectivity index (χ3n) is 4.61. The summed E-state index contributed by atoms with van der Waals surface area (Å²) in [6.45, 7) is 5.59. The molecule has 0 saturated carbocycles. The van der Waals surface area contributed by atoms with Crippen LogP contribution < -0.4 is 5.32 Å². The van der Waals surface area contributed by atoms with E-state index < -0.39 is 30.6 Å². The Labute approximate surface area is 158 Å². The van der Waals surface area contributed by atoms with E-state index >= 15 is 0 Å². The molecular formula is C20H25N3O4. The van der Waals surface area contributed by atoms with E-state index in [4.69, 9.17) is 4.74 Å². The van der Waals surface area contributed by atoms with Gasteiger partial charge < -0.3 is 25.4 Å². The van der Waals surface area contributed by atoms with Crippen LogP contribution >= 0.6 is 0 Å². The van der Waals surface area contributed by atoms with Crippen molar-refractivity contribution in [3.8, 4) is 0 Å². The second-order valence-corrected chi connectivity index (χ2v) is 6.93. The predicted octanol–water partition coefficient (Wildman–Crippen LogP) is 2.96. The molecule has 1 aliphatic heterocycles. The first kappa shape index (κ1) is 19.4. The third-order valence-corrected chi connectivity index (χ3v) is 4.61. The van der Waals surface area contributed by atoms with Crippen molar-refractivity contribution >= 4 is 17.1 Å². The Morgan fingerprint density at radius 1 is 0.852 bits per heavy atom. The first-order chi connectivity index (χ1) is 12.8. The maximum Gasteiger partial charge on any atom is 0.157 e. The Morgan fingerprint density at radius 3 is 2.22 bits per heavy atom. The Morgan fingerprint density at radius 2 is 1.52 bits per heavy atom. The van der Waals surface area contributed by atoms with Crippen LogP contribution in [-0.4, -0.2) is 46.0 Å². The minimum Gasteiger partial charge on any atom is -0.388 e. The molecule has 5 atom stereocenters. The normalized spacial score (nSPS) is 28.4. The van der Waals surface area contributed by atoms with Crippen LogP contribution in [0.15, 0.2) is 52.7 Å². The molecule has 1 fully saturated rings. The van der Waals surface area contributed by atoms with Gasteiger partial charge in [-0.1, -0.05) is 23.8 Å².